The molecule has 1 aliphatic carbocycles. The Morgan fingerprint density at radius 2 is 2.00 bits per heavy atom. The van der Waals surface area contributed by atoms with Gasteiger partial charge in [-0.2, -0.15) is 5.26 Å². The number of hydrogen-bond donors (Lipinski definition) is 2. The Balaban J connectivity index is 1.59. The van der Waals surface area contributed by atoms with E-state index in [4.69, 9.17) is 5.26 Å². The summed E-state index contributed by atoms with van der Waals surface area (Å²) in [6.45, 7) is 1.78. The Morgan fingerprint density at radius 1 is 1.23 bits per heavy atom. The highest BCUT2D eigenvalue weighted by Gasteiger charge is 2.27. The number of benzene rings is 1. The van der Waals surface area contributed by atoms with Gasteiger partial charge in [-0.15, -0.1) is 0 Å². The number of sulfonamides is 1. The molecule has 0 saturated heterocycles. The Bertz CT molecular complexity index is 1020. The zero-order valence-electron chi connectivity index (χ0n) is 17.6. The summed E-state index contributed by atoms with van der Waals surface area (Å²) in [6.07, 6.45) is 6.25. The van der Waals surface area contributed by atoms with Crippen LogP contribution in [0.2, 0.25) is 0 Å². The molecular weight excluding hydrogens is 412 g/mol. The summed E-state index contributed by atoms with van der Waals surface area (Å²) < 4.78 is 28.0. The number of aromatic nitrogens is 1. The van der Waals surface area contributed by atoms with Gasteiger partial charge in [-0.3, -0.25) is 4.79 Å². The van der Waals surface area contributed by atoms with E-state index in [2.05, 4.69) is 21.1 Å². The van der Waals surface area contributed by atoms with Crippen LogP contribution in [0.4, 0.5) is 5.82 Å². The first-order valence-electron chi connectivity index (χ1n) is 10.6. The van der Waals surface area contributed by atoms with Gasteiger partial charge >= 0.3 is 0 Å². The maximum Gasteiger partial charge on any atom is 0.242 e. The van der Waals surface area contributed by atoms with Gasteiger partial charge in [0, 0.05) is 24.6 Å². The average molecular weight is 441 g/mol. The largest absolute Gasteiger partial charge is 0.310 e. The van der Waals surface area contributed by atoms with Gasteiger partial charge in [0.25, 0.3) is 0 Å². The van der Waals surface area contributed by atoms with Gasteiger partial charge in [0.2, 0.25) is 15.9 Å². The van der Waals surface area contributed by atoms with E-state index >= 15 is 0 Å². The van der Waals surface area contributed by atoms with Crippen molar-refractivity contribution < 1.29 is 13.2 Å². The number of anilines is 1. The third-order valence-corrected chi connectivity index (χ3v) is 7.27. The van der Waals surface area contributed by atoms with Gasteiger partial charge in [-0.1, -0.05) is 43.2 Å². The molecule has 2 aromatic rings. The second-order valence-corrected chi connectivity index (χ2v) is 9.76. The molecule has 2 unspecified atom stereocenters. The molecule has 164 valence electrons. The lowest BCUT2D eigenvalue weighted by atomic mass is 9.79. The van der Waals surface area contributed by atoms with Gasteiger partial charge in [0.05, 0.1) is 6.07 Å². The van der Waals surface area contributed by atoms with Crippen LogP contribution in [-0.2, 0) is 14.8 Å². The van der Waals surface area contributed by atoms with Crippen molar-refractivity contribution in [3.05, 3.63) is 54.2 Å². The van der Waals surface area contributed by atoms with Crippen molar-refractivity contribution in [2.24, 2.45) is 11.8 Å². The summed E-state index contributed by atoms with van der Waals surface area (Å²) in [5.41, 5.74) is 0.864. The van der Waals surface area contributed by atoms with Crippen LogP contribution in [-0.4, -0.2) is 19.3 Å². The standard InChI is InChI=1S/C23H28N4O3S/c1-17(19-9-3-2-4-10-19)27-31(29,30)21-12-13-22(25-16-21)26-23(28)20-11-5-7-18(15-20)8-6-14-24/h2-4,9-10,12-13,16-18,20,27H,5-8,11,15H2,1H3,(H,25,26,28)/t17?,18?,20-/m0/s1. The first-order chi connectivity index (χ1) is 14.9. The van der Waals surface area contributed by atoms with Crippen LogP contribution in [0.15, 0.2) is 53.6 Å². The van der Waals surface area contributed by atoms with Crippen LogP contribution in [0.25, 0.3) is 0 Å². The van der Waals surface area contributed by atoms with Crippen LogP contribution < -0.4 is 10.0 Å². The third kappa shape index (κ3) is 6.36. The number of carbonyl (C=O) groups excluding carboxylic acids is 1. The van der Waals surface area contributed by atoms with E-state index in [0.717, 1.165) is 37.7 Å². The predicted octanol–water partition coefficient (Wildman–Crippen LogP) is 4.17. The van der Waals surface area contributed by atoms with Gasteiger partial charge in [-0.05, 0) is 49.8 Å². The van der Waals surface area contributed by atoms with Crippen LogP contribution in [0.3, 0.4) is 0 Å². The van der Waals surface area contributed by atoms with E-state index in [0.29, 0.717) is 18.2 Å². The van der Waals surface area contributed by atoms with Gasteiger partial charge in [0.15, 0.2) is 0 Å². The zero-order valence-corrected chi connectivity index (χ0v) is 18.4. The number of nitriles is 1. The molecule has 1 fully saturated rings. The normalized spacial score (nSPS) is 19.9. The Morgan fingerprint density at radius 3 is 2.68 bits per heavy atom. The minimum absolute atomic E-state index is 0.0440. The molecule has 0 bridgehead atoms. The van der Waals surface area contributed by atoms with Crippen molar-refractivity contribution in [1.82, 2.24) is 9.71 Å². The van der Waals surface area contributed by atoms with Crippen LogP contribution >= 0.6 is 0 Å². The molecule has 31 heavy (non-hydrogen) atoms. The first kappa shape index (κ1) is 22.9. The summed E-state index contributed by atoms with van der Waals surface area (Å²) in [4.78, 5) is 16.8. The molecule has 3 rings (SSSR count). The van der Waals surface area contributed by atoms with E-state index in [1.165, 1.54) is 18.3 Å². The molecule has 1 heterocycles. The first-order valence-corrected chi connectivity index (χ1v) is 12.1. The summed E-state index contributed by atoms with van der Waals surface area (Å²) in [5.74, 6) is 0.540. The van der Waals surface area contributed by atoms with Crippen molar-refractivity contribution in [2.45, 2.75) is 56.4 Å². The van der Waals surface area contributed by atoms with Gasteiger partial charge < -0.3 is 5.32 Å². The summed E-state index contributed by atoms with van der Waals surface area (Å²) >= 11 is 0. The third-order valence-electron chi connectivity index (χ3n) is 5.75. The highest BCUT2D eigenvalue weighted by molar-refractivity contribution is 7.89. The van der Waals surface area contributed by atoms with Crippen LogP contribution in [0.1, 0.15) is 57.1 Å². The molecule has 3 atom stereocenters. The molecule has 1 aliphatic rings. The van der Waals surface area contributed by atoms with Gasteiger partial charge in [-0.25, -0.2) is 18.1 Å². The van der Waals surface area contributed by atoms with Crippen molar-refractivity contribution in [3.8, 4) is 6.07 Å². The van der Waals surface area contributed by atoms with E-state index in [1.54, 1.807) is 6.92 Å². The topological polar surface area (TPSA) is 112 Å². The molecule has 2 N–H and O–H groups in total. The van der Waals surface area contributed by atoms with Crippen molar-refractivity contribution >= 4 is 21.7 Å². The minimum Gasteiger partial charge on any atom is -0.310 e. The van der Waals surface area contributed by atoms with Gasteiger partial charge in [0.1, 0.15) is 10.7 Å². The maximum atomic E-state index is 12.7. The zero-order chi connectivity index (χ0) is 22.3. The Kier molecular flexibility index (Phi) is 7.77. The number of hydrogen-bond acceptors (Lipinski definition) is 5. The minimum atomic E-state index is -3.74. The number of nitrogens with one attached hydrogen (secondary N) is 2. The fourth-order valence-corrected chi connectivity index (χ4v) is 5.19. The summed E-state index contributed by atoms with van der Waals surface area (Å²) in [5, 5.41) is 11.6. The van der Waals surface area contributed by atoms with Crippen LogP contribution in [0.5, 0.6) is 0 Å². The number of rotatable bonds is 8. The van der Waals surface area contributed by atoms with E-state index in [-0.39, 0.29) is 22.8 Å². The maximum absolute atomic E-state index is 12.7. The lowest BCUT2D eigenvalue weighted by Gasteiger charge is -2.27. The molecule has 1 aromatic heterocycles. The lowest BCUT2D eigenvalue weighted by molar-refractivity contribution is -0.121. The van der Waals surface area contributed by atoms with Crippen molar-refractivity contribution in [2.75, 3.05) is 5.32 Å². The fraction of sp³-hybridized carbons (Fsp3) is 0.435. The molecule has 0 radical (unpaired) electrons. The Labute approximate surface area is 183 Å². The second-order valence-electron chi connectivity index (χ2n) is 8.05. The molecular formula is C23H28N4O3S. The number of carbonyl (C=O) groups is 1. The smallest absolute Gasteiger partial charge is 0.242 e. The second kappa shape index (κ2) is 10.5. The van der Waals surface area contributed by atoms with Crippen molar-refractivity contribution in [1.29, 1.82) is 5.26 Å². The highest BCUT2D eigenvalue weighted by atomic mass is 32.2. The van der Waals surface area contributed by atoms with E-state index < -0.39 is 10.0 Å². The number of pyridine rings is 1. The predicted molar refractivity (Wildman–Crippen MR) is 118 cm³/mol. The quantitative estimate of drug-likeness (QED) is 0.640. The lowest BCUT2D eigenvalue weighted by Crippen LogP contribution is -2.29. The summed E-state index contributed by atoms with van der Waals surface area (Å²) in [7, 11) is -3.74. The SMILES string of the molecule is CC(NS(=O)(=O)c1ccc(NC(=O)[C@H]2CCCC(CCC#N)C2)nc1)c1ccccc1. The number of nitrogens with zero attached hydrogens (tertiary/aromatic N) is 2. The summed E-state index contributed by atoms with van der Waals surface area (Å²) in [6, 6.07) is 14.1. The molecule has 0 aliphatic heterocycles. The fourth-order valence-electron chi connectivity index (χ4n) is 4.01. The Hall–Kier alpha value is -2.76. The number of amides is 1. The highest BCUT2D eigenvalue weighted by Crippen LogP contribution is 2.32. The molecule has 1 aromatic carbocycles. The van der Waals surface area contributed by atoms with Crippen molar-refractivity contribution in [3.63, 3.8) is 0 Å². The molecule has 0 spiro atoms. The average Bonchev–Trinajstić information content (AvgIpc) is 2.78. The van der Waals surface area contributed by atoms with E-state index in [1.807, 2.05) is 30.3 Å². The molecule has 8 heteroatoms. The molecule has 1 amide bonds. The molecule has 1 saturated carbocycles. The molecule has 7 nitrogen and oxygen atoms in total. The van der Waals surface area contributed by atoms with Crippen LogP contribution in [0, 0.1) is 23.2 Å². The van der Waals surface area contributed by atoms with E-state index in [9.17, 15) is 13.2 Å². The monoisotopic (exact) mass is 440 g/mol.